The molecule has 1 amide bonds. The van der Waals surface area contributed by atoms with Gasteiger partial charge < -0.3 is 19.1 Å². The van der Waals surface area contributed by atoms with Crippen molar-refractivity contribution in [3.63, 3.8) is 0 Å². The molecule has 3 saturated heterocycles. The largest absolute Gasteiger partial charge is 0.747 e. The highest BCUT2D eigenvalue weighted by molar-refractivity contribution is 7.87. The number of para-hydroxylation sites is 1. The number of hydrogen-bond acceptors (Lipinski definition) is 5. The first-order valence-corrected chi connectivity index (χ1v) is 11.8. The van der Waals surface area contributed by atoms with E-state index in [2.05, 4.69) is 6.07 Å². The molecular weight excluding hydrogens is 392 g/mol. The van der Waals surface area contributed by atoms with Gasteiger partial charge in [-0.25, -0.2) is 8.42 Å². The van der Waals surface area contributed by atoms with Crippen LogP contribution in [0.3, 0.4) is 0 Å². The van der Waals surface area contributed by atoms with Gasteiger partial charge in [0.1, 0.15) is 22.7 Å². The summed E-state index contributed by atoms with van der Waals surface area (Å²) in [6.45, 7) is 1.79. The molecule has 1 aromatic carbocycles. The fraction of sp³-hybridized carbons (Fsp3) is 0.571. The number of anilines is 1. The van der Waals surface area contributed by atoms with Crippen molar-refractivity contribution in [3.8, 4) is 0 Å². The SMILES string of the molecule is O=C1C[C@@H]2OCC=C3C[NH+]4CC[C@]56c7ccccc7N1[C@H]5[C@H]2[C@@]3(S(=O)(=O)[O-])C[C@H]46. The summed E-state index contributed by atoms with van der Waals surface area (Å²) in [5.74, 6) is -0.532. The van der Waals surface area contributed by atoms with E-state index in [1.807, 2.05) is 29.2 Å². The van der Waals surface area contributed by atoms with Crippen molar-refractivity contribution in [2.45, 2.75) is 47.6 Å². The number of benzene rings is 1. The monoisotopic (exact) mass is 414 g/mol. The van der Waals surface area contributed by atoms with Crippen LogP contribution in [0, 0.1) is 5.92 Å². The maximum Gasteiger partial charge on any atom is 0.229 e. The zero-order valence-corrected chi connectivity index (χ0v) is 16.7. The maximum atomic E-state index is 13.3. The Labute approximate surface area is 169 Å². The molecule has 4 fully saturated rings. The smallest absolute Gasteiger partial charge is 0.229 e. The lowest BCUT2D eigenvalue weighted by Crippen LogP contribution is -3.17. The maximum absolute atomic E-state index is 13.3. The van der Waals surface area contributed by atoms with Crippen LogP contribution in [0.4, 0.5) is 5.69 Å². The fourth-order valence-corrected chi connectivity index (χ4v) is 9.59. The van der Waals surface area contributed by atoms with Crippen molar-refractivity contribution in [3.05, 3.63) is 41.5 Å². The van der Waals surface area contributed by atoms with Gasteiger partial charge in [-0.2, -0.15) is 0 Å². The van der Waals surface area contributed by atoms with Gasteiger partial charge in [0.15, 0.2) is 0 Å². The van der Waals surface area contributed by atoms with Gasteiger partial charge >= 0.3 is 0 Å². The Morgan fingerprint density at radius 3 is 2.93 bits per heavy atom. The molecule has 1 spiro atoms. The van der Waals surface area contributed by atoms with Crippen molar-refractivity contribution < 1.29 is 27.4 Å². The number of nitrogens with one attached hydrogen (secondary N) is 1. The highest BCUT2D eigenvalue weighted by Crippen LogP contribution is 2.65. The zero-order valence-electron chi connectivity index (χ0n) is 15.8. The second-order valence-corrected chi connectivity index (χ2v) is 11.2. The second-order valence-electron chi connectivity index (χ2n) is 9.53. The van der Waals surface area contributed by atoms with E-state index in [4.69, 9.17) is 4.74 Å². The Bertz CT molecular complexity index is 1120. The number of nitrogens with zero attached hydrogens (tertiary/aromatic N) is 1. The van der Waals surface area contributed by atoms with E-state index < -0.39 is 26.9 Å². The number of ether oxygens (including phenoxy) is 1. The van der Waals surface area contributed by atoms with E-state index >= 15 is 0 Å². The van der Waals surface area contributed by atoms with Crippen molar-refractivity contribution in [1.29, 1.82) is 0 Å². The molecule has 1 N–H and O–H groups in total. The van der Waals surface area contributed by atoms with Gasteiger partial charge in [-0.1, -0.05) is 24.3 Å². The van der Waals surface area contributed by atoms with Gasteiger partial charge in [0, 0.05) is 30.0 Å². The highest BCUT2D eigenvalue weighted by atomic mass is 32.2. The highest BCUT2D eigenvalue weighted by Gasteiger charge is 2.78. The molecular formula is C21H22N2O5S. The van der Waals surface area contributed by atoms with Crippen LogP contribution in [0.5, 0.6) is 0 Å². The molecule has 0 aromatic heterocycles. The minimum atomic E-state index is -4.64. The summed E-state index contributed by atoms with van der Waals surface area (Å²) >= 11 is 0. The summed E-state index contributed by atoms with van der Waals surface area (Å²) < 4.78 is 43.5. The van der Waals surface area contributed by atoms with Crippen LogP contribution in [-0.4, -0.2) is 61.5 Å². The third-order valence-corrected chi connectivity index (χ3v) is 10.5. The summed E-state index contributed by atoms with van der Waals surface area (Å²) in [6.07, 6.45) is 2.68. The van der Waals surface area contributed by atoms with Gasteiger partial charge in [-0.3, -0.25) is 4.79 Å². The quantitative estimate of drug-likeness (QED) is 0.487. The molecule has 7 atom stereocenters. The number of rotatable bonds is 1. The number of fused-ring (bicyclic) bond motifs is 2. The van der Waals surface area contributed by atoms with Crippen molar-refractivity contribution in [2.75, 3.05) is 24.6 Å². The standard InChI is InChI=1S/C21H22N2O5S/c24-17-9-15-18-19-20(13-3-1-2-4-14(13)23(17)19)6-7-22-11-12(5-8-28-15)21(18,10-16(20)22)29(25,26)27/h1-5,15-16,18-19H,6-11H2,(H,25,26,27)/t15-,16-,18-,19-,20+,21+/m0/s1. The number of amides is 1. The van der Waals surface area contributed by atoms with Gasteiger partial charge in [0.05, 0.1) is 41.9 Å². The summed E-state index contributed by atoms with van der Waals surface area (Å²) in [5, 5.41) is 0. The molecule has 1 aliphatic carbocycles. The van der Waals surface area contributed by atoms with Gasteiger partial charge in [-0.05, 0) is 11.6 Å². The molecule has 29 heavy (non-hydrogen) atoms. The van der Waals surface area contributed by atoms with Crippen LogP contribution in [0.15, 0.2) is 35.9 Å². The van der Waals surface area contributed by atoms with Gasteiger partial charge in [0.25, 0.3) is 0 Å². The Morgan fingerprint density at radius 1 is 1.28 bits per heavy atom. The van der Waals surface area contributed by atoms with E-state index in [-0.39, 0.29) is 36.4 Å². The third-order valence-electron chi connectivity index (χ3n) is 8.92. The zero-order chi connectivity index (χ0) is 19.8. The minimum Gasteiger partial charge on any atom is -0.747 e. The van der Waals surface area contributed by atoms with Crippen molar-refractivity contribution in [1.82, 2.24) is 0 Å². The number of hydrogen-bond donors (Lipinski definition) is 1. The first-order valence-electron chi connectivity index (χ1n) is 10.4. The summed E-state index contributed by atoms with van der Waals surface area (Å²) in [6, 6.07) is 7.74. The number of carbonyl (C=O) groups is 1. The lowest BCUT2D eigenvalue weighted by Gasteiger charge is -2.62. The Balaban J connectivity index is 1.60. The average Bonchev–Trinajstić information content (AvgIpc) is 3.15. The molecule has 7 nitrogen and oxygen atoms in total. The summed E-state index contributed by atoms with van der Waals surface area (Å²) in [5.41, 5.74) is 2.50. The molecule has 6 aliphatic rings. The van der Waals surface area contributed by atoms with Gasteiger partial charge in [-0.15, -0.1) is 0 Å². The first-order chi connectivity index (χ1) is 13.9. The molecule has 152 valence electrons. The van der Waals surface area contributed by atoms with Crippen LogP contribution in [0.2, 0.25) is 0 Å². The van der Waals surface area contributed by atoms with Crippen LogP contribution < -0.4 is 9.80 Å². The molecule has 5 aliphatic heterocycles. The van der Waals surface area contributed by atoms with Gasteiger partial charge in [0.2, 0.25) is 5.91 Å². The molecule has 5 heterocycles. The normalized spacial score (nSPS) is 46.2. The molecule has 0 radical (unpaired) electrons. The Kier molecular flexibility index (Phi) is 2.89. The minimum absolute atomic E-state index is 0.0177. The van der Waals surface area contributed by atoms with E-state index in [1.54, 1.807) is 0 Å². The molecule has 1 saturated carbocycles. The topological polar surface area (TPSA) is 91.2 Å². The van der Waals surface area contributed by atoms with Crippen LogP contribution in [0.25, 0.3) is 0 Å². The molecule has 2 bridgehead atoms. The van der Waals surface area contributed by atoms with Crippen molar-refractivity contribution >= 4 is 21.7 Å². The Morgan fingerprint density at radius 2 is 2.10 bits per heavy atom. The lowest BCUT2D eigenvalue weighted by atomic mass is 9.53. The number of carbonyl (C=O) groups excluding carboxylic acids is 1. The molecule has 7 rings (SSSR count). The predicted molar refractivity (Wildman–Crippen MR) is 101 cm³/mol. The average molecular weight is 414 g/mol. The number of quaternary nitrogens is 1. The van der Waals surface area contributed by atoms with E-state index in [9.17, 15) is 17.8 Å². The third kappa shape index (κ3) is 1.63. The van der Waals surface area contributed by atoms with E-state index in [1.165, 1.54) is 4.90 Å². The summed E-state index contributed by atoms with van der Waals surface area (Å²) in [4.78, 5) is 16.5. The van der Waals surface area contributed by atoms with Crippen LogP contribution in [0.1, 0.15) is 24.8 Å². The lowest BCUT2D eigenvalue weighted by molar-refractivity contribution is -0.916. The predicted octanol–water partition coefficient (Wildman–Crippen LogP) is -0.657. The molecule has 1 unspecified atom stereocenters. The van der Waals surface area contributed by atoms with Crippen LogP contribution in [-0.2, 0) is 25.1 Å². The van der Waals surface area contributed by atoms with E-state index in [0.717, 1.165) is 29.8 Å². The van der Waals surface area contributed by atoms with Crippen LogP contribution >= 0.6 is 0 Å². The van der Waals surface area contributed by atoms with E-state index in [0.29, 0.717) is 13.0 Å². The molecule has 1 aromatic rings. The molecule has 8 heteroatoms. The Hall–Kier alpha value is -1.74. The van der Waals surface area contributed by atoms with Crippen molar-refractivity contribution in [2.24, 2.45) is 5.92 Å². The first kappa shape index (κ1) is 17.0. The summed E-state index contributed by atoms with van der Waals surface area (Å²) in [7, 11) is -4.64. The fourth-order valence-electron chi connectivity index (χ4n) is 8.13. The second kappa shape index (κ2) is 4.94. The number of piperidine rings is 2.